The van der Waals surface area contributed by atoms with Gasteiger partial charge in [0.05, 0.1) is 11.6 Å². The summed E-state index contributed by atoms with van der Waals surface area (Å²) in [5, 5.41) is 9.13. The van der Waals surface area contributed by atoms with E-state index < -0.39 is 11.4 Å². The maximum absolute atomic E-state index is 13.0. The number of hydrogen-bond acceptors (Lipinski definition) is 3. The Labute approximate surface area is 105 Å². The first-order chi connectivity index (χ1) is 8.49. The Kier molecular flexibility index (Phi) is 3.61. The largest absolute Gasteiger partial charge is 0.481 e. The molecule has 0 aromatic carbocycles. The van der Waals surface area contributed by atoms with Gasteiger partial charge in [-0.1, -0.05) is 0 Å². The summed E-state index contributed by atoms with van der Waals surface area (Å²) in [6.45, 7) is 3.86. The van der Waals surface area contributed by atoms with Gasteiger partial charge in [-0.15, -0.1) is 0 Å². The lowest BCUT2D eigenvalue weighted by Gasteiger charge is -2.36. The number of carboxylic acids is 1. The van der Waals surface area contributed by atoms with E-state index in [9.17, 15) is 9.18 Å². The fourth-order valence-electron chi connectivity index (χ4n) is 2.22. The molecule has 1 aliphatic heterocycles. The second-order valence-electron chi connectivity index (χ2n) is 5.15. The van der Waals surface area contributed by atoms with Crippen molar-refractivity contribution in [1.29, 1.82) is 0 Å². The third-order valence-electron chi connectivity index (χ3n) is 3.64. The molecule has 0 aliphatic carbocycles. The molecule has 0 unspecified atom stereocenters. The number of carbonyl (C=O) groups is 1. The normalized spacial score (nSPS) is 19.7. The van der Waals surface area contributed by atoms with E-state index >= 15 is 0 Å². The Hall–Kier alpha value is -1.49. The third kappa shape index (κ3) is 2.85. The zero-order valence-corrected chi connectivity index (χ0v) is 10.4. The van der Waals surface area contributed by atoms with Gasteiger partial charge in [0.15, 0.2) is 0 Å². The molecule has 5 heteroatoms. The second kappa shape index (κ2) is 5.02. The van der Waals surface area contributed by atoms with Crippen molar-refractivity contribution in [3.05, 3.63) is 29.8 Å². The van der Waals surface area contributed by atoms with Crippen molar-refractivity contribution in [3.8, 4) is 0 Å². The molecule has 1 saturated heterocycles. The van der Waals surface area contributed by atoms with Crippen molar-refractivity contribution in [3.63, 3.8) is 0 Å². The zero-order chi connectivity index (χ0) is 13.2. The van der Waals surface area contributed by atoms with E-state index in [1.165, 1.54) is 12.3 Å². The Balaban J connectivity index is 1.93. The molecule has 1 aromatic heterocycles. The van der Waals surface area contributed by atoms with Crippen LogP contribution in [-0.4, -0.2) is 34.0 Å². The SMILES string of the molecule is CC1(C(=O)O)CCN(Cc2cncc(F)c2)CC1. The molecule has 4 nitrogen and oxygen atoms in total. The Morgan fingerprint density at radius 2 is 2.17 bits per heavy atom. The number of pyridine rings is 1. The second-order valence-corrected chi connectivity index (χ2v) is 5.15. The lowest BCUT2D eigenvalue weighted by atomic mass is 9.80. The van der Waals surface area contributed by atoms with Gasteiger partial charge in [0, 0.05) is 12.7 Å². The molecule has 0 saturated carbocycles. The molecule has 0 spiro atoms. The van der Waals surface area contributed by atoms with Crippen molar-refractivity contribution in [2.45, 2.75) is 26.3 Å². The molecule has 0 bridgehead atoms. The molecule has 0 amide bonds. The van der Waals surface area contributed by atoms with Crippen LogP contribution in [0.1, 0.15) is 25.3 Å². The molecule has 1 aliphatic rings. The smallest absolute Gasteiger partial charge is 0.309 e. The third-order valence-corrected chi connectivity index (χ3v) is 3.64. The van der Waals surface area contributed by atoms with Gasteiger partial charge in [-0.25, -0.2) is 4.39 Å². The fraction of sp³-hybridized carbons (Fsp3) is 0.538. The number of halogens is 1. The molecule has 1 N–H and O–H groups in total. The van der Waals surface area contributed by atoms with Crippen LogP contribution in [0.25, 0.3) is 0 Å². The van der Waals surface area contributed by atoms with Crippen molar-refractivity contribution >= 4 is 5.97 Å². The van der Waals surface area contributed by atoms with Gasteiger partial charge >= 0.3 is 5.97 Å². The van der Waals surface area contributed by atoms with Gasteiger partial charge in [0.2, 0.25) is 0 Å². The Morgan fingerprint density at radius 3 is 2.72 bits per heavy atom. The fourth-order valence-corrected chi connectivity index (χ4v) is 2.22. The highest BCUT2D eigenvalue weighted by Crippen LogP contribution is 2.31. The number of hydrogen-bond donors (Lipinski definition) is 1. The summed E-state index contributed by atoms with van der Waals surface area (Å²) in [5.74, 6) is -1.06. The van der Waals surface area contributed by atoms with E-state index in [1.807, 2.05) is 0 Å². The molecule has 0 radical (unpaired) electrons. The summed E-state index contributed by atoms with van der Waals surface area (Å²) < 4.78 is 13.0. The van der Waals surface area contributed by atoms with Crippen molar-refractivity contribution in [2.24, 2.45) is 5.41 Å². The van der Waals surface area contributed by atoms with Gasteiger partial charge in [0.25, 0.3) is 0 Å². The summed E-state index contributed by atoms with van der Waals surface area (Å²) in [6, 6.07) is 1.47. The van der Waals surface area contributed by atoms with Crippen molar-refractivity contribution < 1.29 is 14.3 Å². The Morgan fingerprint density at radius 1 is 1.50 bits per heavy atom. The summed E-state index contributed by atoms with van der Waals surface area (Å²) >= 11 is 0. The zero-order valence-electron chi connectivity index (χ0n) is 10.4. The van der Waals surface area contributed by atoms with Crippen molar-refractivity contribution in [1.82, 2.24) is 9.88 Å². The van der Waals surface area contributed by atoms with Gasteiger partial charge in [-0.3, -0.25) is 14.7 Å². The molecule has 2 heterocycles. The van der Waals surface area contributed by atoms with Crippen LogP contribution in [0.2, 0.25) is 0 Å². The van der Waals surface area contributed by atoms with E-state index in [-0.39, 0.29) is 5.82 Å². The summed E-state index contributed by atoms with van der Waals surface area (Å²) in [4.78, 5) is 17.1. The predicted octanol–water partition coefficient (Wildman–Crippen LogP) is 1.91. The minimum Gasteiger partial charge on any atom is -0.481 e. The van der Waals surface area contributed by atoms with Crippen LogP contribution in [0.5, 0.6) is 0 Å². The number of rotatable bonds is 3. The summed E-state index contributed by atoms with van der Waals surface area (Å²) in [5.41, 5.74) is 0.213. The highest BCUT2D eigenvalue weighted by Gasteiger charge is 2.36. The van der Waals surface area contributed by atoms with Crippen LogP contribution < -0.4 is 0 Å². The summed E-state index contributed by atoms with van der Waals surface area (Å²) in [6.07, 6.45) is 4.09. The van der Waals surface area contributed by atoms with E-state index in [4.69, 9.17) is 5.11 Å². The number of nitrogens with zero attached hydrogens (tertiary/aromatic N) is 2. The Bertz CT molecular complexity index is 442. The molecular formula is C13H17FN2O2. The number of piperidine rings is 1. The van der Waals surface area contributed by atoms with E-state index in [0.29, 0.717) is 19.4 Å². The molecule has 98 valence electrons. The first-order valence-corrected chi connectivity index (χ1v) is 6.05. The number of likely N-dealkylation sites (tertiary alicyclic amines) is 1. The summed E-state index contributed by atoms with van der Waals surface area (Å²) in [7, 11) is 0. The average molecular weight is 252 g/mol. The maximum atomic E-state index is 13.0. The van der Waals surface area contributed by atoms with Gasteiger partial charge in [-0.05, 0) is 44.5 Å². The lowest BCUT2D eigenvalue weighted by Crippen LogP contribution is -2.42. The molecule has 1 aromatic rings. The van der Waals surface area contributed by atoms with E-state index in [0.717, 1.165) is 18.7 Å². The first kappa shape index (κ1) is 13.0. The quantitative estimate of drug-likeness (QED) is 0.892. The first-order valence-electron chi connectivity index (χ1n) is 6.05. The van der Waals surface area contributed by atoms with Crippen LogP contribution in [0.3, 0.4) is 0 Å². The maximum Gasteiger partial charge on any atom is 0.309 e. The van der Waals surface area contributed by atoms with Gasteiger partial charge in [-0.2, -0.15) is 0 Å². The molecule has 0 atom stereocenters. The standard InChI is InChI=1S/C13H17FN2O2/c1-13(12(17)18)2-4-16(5-3-13)9-10-6-11(14)8-15-7-10/h6-8H,2-5,9H2,1H3,(H,17,18). The molecular weight excluding hydrogens is 235 g/mol. The van der Waals surface area contributed by atoms with Crippen molar-refractivity contribution in [2.75, 3.05) is 13.1 Å². The molecule has 2 rings (SSSR count). The van der Waals surface area contributed by atoms with Crippen LogP contribution in [-0.2, 0) is 11.3 Å². The minimum absolute atomic E-state index is 0.333. The van der Waals surface area contributed by atoms with Crippen LogP contribution in [0.4, 0.5) is 4.39 Å². The van der Waals surface area contributed by atoms with E-state index in [1.54, 1.807) is 13.1 Å². The lowest BCUT2D eigenvalue weighted by molar-refractivity contribution is -0.150. The predicted molar refractivity (Wildman–Crippen MR) is 64.4 cm³/mol. The monoisotopic (exact) mass is 252 g/mol. The number of carboxylic acid groups (broad SMARTS) is 1. The minimum atomic E-state index is -0.727. The van der Waals surface area contributed by atoms with Gasteiger partial charge in [0.1, 0.15) is 5.82 Å². The van der Waals surface area contributed by atoms with Crippen LogP contribution in [0.15, 0.2) is 18.5 Å². The number of aliphatic carboxylic acids is 1. The van der Waals surface area contributed by atoms with Gasteiger partial charge < -0.3 is 5.11 Å². The van der Waals surface area contributed by atoms with E-state index in [2.05, 4.69) is 9.88 Å². The molecule has 1 fully saturated rings. The average Bonchev–Trinajstić information content (AvgIpc) is 2.32. The van der Waals surface area contributed by atoms with Crippen LogP contribution >= 0.6 is 0 Å². The molecule has 18 heavy (non-hydrogen) atoms. The number of aromatic nitrogens is 1. The van der Waals surface area contributed by atoms with Crippen LogP contribution in [0, 0.1) is 11.2 Å². The highest BCUT2D eigenvalue weighted by atomic mass is 19.1. The topological polar surface area (TPSA) is 53.4 Å². The highest BCUT2D eigenvalue weighted by molar-refractivity contribution is 5.74.